The van der Waals surface area contributed by atoms with Gasteiger partial charge in [-0.15, -0.1) is 0 Å². The molecule has 0 aromatic rings. The SMILES string of the molecule is C/C=C/C(C)(C)CC(C)(C)OC1OC(C(CO)CCO)C(O)C1O. The van der Waals surface area contributed by atoms with Crippen LogP contribution in [0.4, 0.5) is 0 Å². The van der Waals surface area contributed by atoms with Crippen LogP contribution in [0.2, 0.25) is 0 Å². The highest BCUT2D eigenvalue weighted by atomic mass is 16.7. The Bertz CT molecular complexity index is 406. The van der Waals surface area contributed by atoms with Crippen molar-refractivity contribution in [2.75, 3.05) is 13.2 Å². The lowest BCUT2D eigenvalue weighted by Gasteiger charge is -2.35. The average Bonchev–Trinajstić information content (AvgIpc) is 2.71. The lowest BCUT2D eigenvalue weighted by molar-refractivity contribution is -0.228. The average molecular weight is 346 g/mol. The number of aliphatic hydroxyl groups is 4. The van der Waals surface area contributed by atoms with Gasteiger partial charge in [0.1, 0.15) is 12.2 Å². The molecular weight excluding hydrogens is 312 g/mol. The highest BCUT2D eigenvalue weighted by Gasteiger charge is 2.48. The second-order valence-corrected chi connectivity index (χ2v) is 7.95. The highest BCUT2D eigenvalue weighted by molar-refractivity contribution is 4.97. The molecule has 24 heavy (non-hydrogen) atoms. The van der Waals surface area contributed by atoms with Crippen LogP contribution in [0.5, 0.6) is 0 Å². The minimum atomic E-state index is -1.19. The maximum Gasteiger partial charge on any atom is 0.187 e. The number of hydrogen-bond donors (Lipinski definition) is 4. The van der Waals surface area contributed by atoms with E-state index in [1.54, 1.807) is 0 Å². The maximum absolute atomic E-state index is 10.2. The van der Waals surface area contributed by atoms with Crippen LogP contribution < -0.4 is 0 Å². The van der Waals surface area contributed by atoms with Crippen LogP contribution >= 0.6 is 0 Å². The Morgan fingerprint density at radius 1 is 1.12 bits per heavy atom. The largest absolute Gasteiger partial charge is 0.396 e. The summed E-state index contributed by atoms with van der Waals surface area (Å²) >= 11 is 0. The molecule has 1 aliphatic heterocycles. The maximum atomic E-state index is 10.2. The van der Waals surface area contributed by atoms with Gasteiger partial charge in [0, 0.05) is 19.1 Å². The first kappa shape index (κ1) is 21.5. The number of allylic oxidation sites excluding steroid dienone is 2. The van der Waals surface area contributed by atoms with Crippen molar-refractivity contribution in [2.45, 2.75) is 77.7 Å². The molecule has 1 fully saturated rings. The van der Waals surface area contributed by atoms with E-state index in [1.165, 1.54) is 0 Å². The van der Waals surface area contributed by atoms with E-state index in [1.807, 2.05) is 26.8 Å². The molecule has 0 radical (unpaired) electrons. The van der Waals surface area contributed by atoms with Gasteiger partial charge in [0.2, 0.25) is 0 Å². The zero-order valence-electron chi connectivity index (χ0n) is 15.5. The fourth-order valence-corrected chi connectivity index (χ4v) is 3.65. The van der Waals surface area contributed by atoms with Gasteiger partial charge in [0.25, 0.3) is 0 Å². The van der Waals surface area contributed by atoms with Crippen LogP contribution in [0.25, 0.3) is 0 Å². The second-order valence-electron chi connectivity index (χ2n) is 7.95. The molecule has 6 nitrogen and oxygen atoms in total. The van der Waals surface area contributed by atoms with E-state index >= 15 is 0 Å². The molecule has 1 rings (SSSR count). The first-order valence-corrected chi connectivity index (χ1v) is 8.62. The number of rotatable bonds is 9. The molecular formula is C18H34O6. The summed E-state index contributed by atoms with van der Waals surface area (Å²) in [6, 6.07) is 0. The summed E-state index contributed by atoms with van der Waals surface area (Å²) in [7, 11) is 0. The third-order valence-electron chi connectivity index (χ3n) is 4.39. The third-order valence-corrected chi connectivity index (χ3v) is 4.39. The first-order valence-electron chi connectivity index (χ1n) is 8.62. The van der Waals surface area contributed by atoms with Gasteiger partial charge in [-0.1, -0.05) is 26.0 Å². The van der Waals surface area contributed by atoms with Crippen molar-refractivity contribution in [3.8, 4) is 0 Å². The van der Waals surface area contributed by atoms with Crippen molar-refractivity contribution in [2.24, 2.45) is 11.3 Å². The standard InChI is InChI=1S/C18H34O6/c1-6-8-17(2,3)11-18(4,5)24-16-14(22)13(21)15(23-16)12(10-20)7-9-19/h6,8,12-16,19-22H,7,9-11H2,1-5H3/b8-6+. The summed E-state index contributed by atoms with van der Waals surface area (Å²) in [5.41, 5.74) is -0.653. The Balaban J connectivity index is 2.77. The molecule has 4 N–H and O–H groups in total. The fraction of sp³-hybridized carbons (Fsp3) is 0.889. The van der Waals surface area contributed by atoms with Crippen LogP contribution in [0, 0.1) is 11.3 Å². The third kappa shape index (κ3) is 5.79. The molecule has 0 spiro atoms. The molecule has 0 bridgehead atoms. The van der Waals surface area contributed by atoms with E-state index in [0.29, 0.717) is 6.42 Å². The molecule has 5 atom stereocenters. The lowest BCUT2D eigenvalue weighted by Crippen LogP contribution is -2.41. The lowest BCUT2D eigenvalue weighted by atomic mass is 9.81. The molecule has 0 amide bonds. The van der Waals surface area contributed by atoms with Gasteiger partial charge in [-0.05, 0) is 39.0 Å². The van der Waals surface area contributed by atoms with E-state index < -0.39 is 36.1 Å². The number of ether oxygens (including phenoxy) is 2. The summed E-state index contributed by atoms with van der Waals surface area (Å²) in [6.07, 6.45) is 1.02. The smallest absolute Gasteiger partial charge is 0.187 e. The van der Waals surface area contributed by atoms with E-state index in [4.69, 9.17) is 14.6 Å². The van der Waals surface area contributed by atoms with E-state index in [0.717, 1.165) is 0 Å². The summed E-state index contributed by atoms with van der Waals surface area (Å²) in [5, 5.41) is 38.9. The van der Waals surface area contributed by atoms with Crippen molar-refractivity contribution in [3.63, 3.8) is 0 Å². The van der Waals surface area contributed by atoms with Crippen LogP contribution in [-0.2, 0) is 9.47 Å². The molecule has 0 aromatic carbocycles. The molecule has 0 aliphatic carbocycles. The fourth-order valence-electron chi connectivity index (χ4n) is 3.65. The Kier molecular flexibility index (Phi) is 7.84. The molecule has 0 saturated carbocycles. The Morgan fingerprint density at radius 2 is 1.75 bits per heavy atom. The predicted octanol–water partition coefficient (Wildman–Crippen LogP) is 1.21. The van der Waals surface area contributed by atoms with Gasteiger partial charge in [0.15, 0.2) is 6.29 Å². The number of hydrogen-bond acceptors (Lipinski definition) is 6. The molecule has 1 saturated heterocycles. The normalized spacial score (nSPS) is 30.2. The minimum Gasteiger partial charge on any atom is -0.396 e. The summed E-state index contributed by atoms with van der Waals surface area (Å²) in [5.74, 6) is -0.448. The van der Waals surface area contributed by atoms with Crippen molar-refractivity contribution in [1.82, 2.24) is 0 Å². The van der Waals surface area contributed by atoms with Gasteiger partial charge >= 0.3 is 0 Å². The minimum absolute atomic E-state index is 0.0790. The quantitative estimate of drug-likeness (QED) is 0.468. The molecule has 1 aliphatic rings. The van der Waals surface area contributed by atoms with Gasteiger partial charge in [0.05, 0.1) is 11.7 Å². The van der Waals surface area contributed by atoms with E-state index in [9.17, 15) is 15.3 Å². The van der Waals surface area contributed by atoms with Gasteiger partial charge in [-0.25, -0.2) is 0 Å². The van der Waals surface area contributed by atoms with Crippen LogP contribution in [0.1, 0.15) is 47.5 Å². The Labute approximate surface area is 145 Å². The van der Waals surface area contributed by atoms with Gasteiger partial charge in [-0.3, -0.25) is 0 Å². The molecule has 0 aromatic heterocycles. The summed E-state index contributed by atoms with van der Waals surface area (Å²) in [6.45, 7) is 9.66. The van der Waals surface area contributed by atoms with E-state index in [-0.39, 0.29) is 25.0 Å². The molecule has 142 valence electrons. The molecule has 6 heteroatoms. The molecule has 1 heterocycles. The van der Waals surface area contributed by atoms with Crippen molar-refractivity contribution in [3.05, 3.63) is 12.2 Å². The van der Waals surface area contributed by atoms with Crippen LogP contribution in [0.15, 0.2) is 12.2 Å². The number of aliphatic hydroxyl groups excluding tert-OH is 4. The Hall–Kier alpha value is -0.500. The Morgan fingerprint density at radius 3 is 2.25 bits per heavy atom. The first-order chi connectivity index (χ1) is 11.1. The zero-order chi connectivity index (χ0) is 18.5. The van der Waals surface area contributed by atoms with Crippen LogP contribution in [-0.4, -0.2) is 63.8 Å². The van der Waals surface area contributed by atoms with Crippen LogP contribution in [0.3, 0.4) is 0 Å². The van der Waals surface area contributed by atoms with E-state index in [2.05, 4.69) is 19.9 Å². The highest BCUT2D eigenvalue weighted by Crippen LogP contribution is 2.36. The summed E-state index contributed by atoms with van der Waals surface area (Å²) in [4.78, 5) is 0. The van der Waals surface area contributed by atoms with Crippen molar-refractivity contribution < 1.29 is 29.9 Å². The zero-order valence-corrected chi connectivity index (χ0v) is 15.5. The van der Waals surface area contributed by atoms with Gasteiger partial charge in [-0.2, -0.15) is 0 Å². The summed E-state index contributed by atoms with van der Waals surface area (Å²) < 4.78 is 11.6. The van der Waals surface area contributed by atoms with Crippen molar-refractivity contribution >= 4 is 0 Å². The van der Waals surface area contributed by atoms with Crippen molar-refractivity contribution in [1.29, 1.82) is 0 Å². The predicted molar refractivity (Wildman–Crippen MR) is 91.3 cm³/mol. The topological polar surface area (TPSA) is 99.4 Å². The molecule has 5 unspecified atom stereocenters. The second kappa shape index (κ2) is 8.74. The monoisotopic (exact) mass is 346 g/mol. The van der Waals surface area contributed by atoms with Gasteiger partial charge < -0.3 is 29.9 Å².